The Hall–Kier alpha value is -2.77. The minimum Gasteiger partial charge on any atom is -0.472 e. The number of amides is 2. The van der Waals surface area contributed by atoms with Gasteiger partial charge in [-0.15, -0.1) is 0 Å². The maximum atomic E-state index is 13.3. The molecular formula is C17H17F3N2O3. The minimum absolute atomic E-state index is 0.0165. The van der Waals surface area contributed by atoms with Crippen molar-refractivity contribution in [3.8, 4) is 0 Å². The molecule has 0 radical (unpaired) electrons. The van der Waals surface area contributed by atoms with Gasteiger partial charge in [-0.3, -0.25) is 9.59 Å². The fraction of sp³-hybridized carbons (Fsp3) is 0.294. The maximum Gasteiger partial charge on any atom is 0.418 e. The van der Waals surface area contributed by atoms with Crippen molar-refractivity contribution in [3.05, 3.63) is 47.9 Å². The van der Waals surface area contributed by atoms with Gasteiger partial charge in [0.1, 0.15) is 6.26 Å². The third kappa shape index (κ3) is 5.10. The number of carbonyl (C=O) groups is 2. The van der Waals surface area contributed by atoms with Crippen LogP contribution in [0, 0.1) is 5.92 Å². The molecule has 0 spiro atoms. The molecule has 0 fully saturated rings. The Labute approximate surface area is 142 Å². The molecule has 2 aromatic rings. The molecule has 1 aromatic carbocycles. The van der Waals surface area contributed by atoms with Crippen LogP contribution in [0.15, 0.2) is 41.2 Å². The summed E-state index contributed by atoms with van der Waals surface area (Å²) in [6.07, 6.45) is -2.11. The lowest BCUT2D eigenvalue weighted by Gasteiger charge is -2.16. The van der Waals surface area contributed by atoms with Crippen LogP contribution in [0.3, 0.4) is 0 Å². The van der Waals surface area contributed by atoms with Crippen LogP contribution >= 0.6 is 0 Å². The molecular weight excluding hydrogens is 337 g/mol. The Kier molecular flexibility index (Phi) is 5.51. The Morgan fingerprint density at radius 1 is 1.16 bits per heavy atom. The van der Waals surface area contributed by atoms with Crippen LogP contribution in [0.4, 0.5) is 24.5 Å². The van der Waals surface area contributed by atoms with Crippen LogP contribution in [-0.4, -0.2) is 11.8 Å². The molecule has 25 heavy (non-hydrogen) atoms. The van der Waals surface area contributed by atoms with E-state index in [1.807, 2.05) is 0 Å². The number of benzene rings is 1. The zero-order valence-corrected chi connectivity index (χ0v) is 13.6. The summed E-state index contributed by atoms with van der Waals surface area (Å²) in [6, 6.07) is 4.58. The first-order chi connectivity index (χ1) is 11.7. The van der Waals surface area contributed by atoms with Gasteiger partial charge in [0, 0.05) is 12.1 Å². The third-order valence-electron chi connectivity index (χ3n) is 3.23. The summed E-state index contributed by atoms with van der Waals surface area (Å²) in [5.41, 5.74) is -1.24. The molecule has 0 saturated carbocycles. The number of rotatable bonds is 5. The molecule has 0 unspecified atom stereocenters. The second kappa shape index (κ2) is 7.42. The molecule has 1 aromatic heterocycles. The van der Waals surface area contributed by atoms with Gasteiger partial charge in [-0.1, -0.05) is 13.8 Å². The predicted octanol–water partition coefficient (Wildman–Crippen LogP) is 4.54. The third-order valence-corrected chi connectivity index (χ3v) is 3.23. The molecule has 8 heteroatoms. The summed E-state index contributed by atoms with van der Waals surface area (Å²) in [5, 5.41) is 4.63. The molecule has 0 aliphatic carbocycles. The van der Waals surface area contributed by atoms with Crippen molar-refractivity contribution in [1.82, 2.24) is 0 Å². The molecule has 2 rings (SSSR count). The number of hydrogen-bond acceptors (Lipinski definition) is 3. The Morgan fingerprint density at radius 3 is 2.44 bits per heavy atom. The van der Waals surface area contributed by atoms with E-state index in [1.165, 1.54) is 24.7 Å². The molecule has 5 nitrogen and oxygen atoms in total. The average molecular weight is 354 g/mol. The monoisotopic (exact) mass is 354 g/mol. The van der Waals surface area contributed by atoms with E-state index in [9.17, 15) is 22.8 Å². The summed E-state index contributed by atoms with van der Waals surface area (Å²) in [6.45, 7) is 3.58. The number of carbonyl (C=O) groups excluding carboxylic acids is 2. The Balaban J connectivity index is 2.24. The molecule has 2 N–H and O–H groups in total. The Bertz CT molecular complexity index is 753. The number of nitrogens with one attached hydrogen (secondary N) is 2. The van der Waals surface area contributed by atoms with Crippen molar-refractivity contribution in [2.75, 3.05) is 10.6 Å². The molecule has 0 bridgehead atoms. The summed E-state index contributed by atoms with van der Waals surface area (Å²) in [5.74, 6) is -1.09. The summed E-state index contributed by atoms with van der Waals surface area (Å²) in [4.78, 5) is 23.7. The number of anilines is 2. The second-order valence-corrected chi connectivity index (χ2v) is 5.87. The summed E-state index contributed by atoms with van der Waals surface area (Å²) < 4.78 is 44.6. The zero-order chi connectivity index (χ0) is 18.6. The number of furan rings is 1. The Morgan fingerprint density at radius 2 is 1.88 bits per heavy atom. The predicted molar refractivity (Wildman–Crippen MR) is 86.2 cm³/mol. The minimum atomic E-state index is -4.68. The molecule has 2 amide bonds. The summed E-state index contributed by atoms with van der Waals surface area (Å²) in [7, 11) is 0. The second-order valence-electron chi connectivity index (χ2n) is 5.87. The van der Waals surface area contributed by atoms with Gasteiger partial charge >= 0.3 is 6.18 Å². The van der Waals surface area contributed by atoms with Crippen molar-refractivity contribution in [2.45, 2.75) is 26.4 Å². The van der Waals surface area contributed by atoms with Crippen LogP contribution in [0.1, 0.15) is 36.2 Å². The van der Waals surface area contributed by atoms with Gasteiger partial charge in [-0.25, -0.2) is 0 Å². The summed E-state index contributed by atoms with van der Waals surface area (Å²) >= 11 is 0. The van der Waals surface area contributed by atoms with E-state index in [0.717, 1.165) is 12.1 Å². The smallest absolute Gasteiger partial charge is 0.418 e. The van der Waals surface area contributed by atoms with Gasteiger partial charge in [-0.05, 0) is 30.2 Å². The fourth-order valence-corrected chi connectivity index (χ4v) is 2.13. The quantitative estimate of drug-likeness (QED) is 0.828. The van der Waals surface area contributed by atoms with E-state index >= 15 is 0 Å². The van der Waals surface area contributed by atoms with Crippen molar-refractivity contribution in [3.63, 3.8) is 0 Å². The molecule has 134 valence electrons. The van der Waals surface area contributed by atoms with E-state index in [-0.39, 0.29) is 29.3 Å². The van der Waals surface area contributed by atoms with Crippen molar-refractivity contribution < 1.29 is 27.2 Å². The van der Waals surface area contributed by atoms with Crippen LogP contribution in [0.25, 0.3) is 0 Å². The first-order valence-corrected chi connectivity index (χ1v) is 7.51. The zero-order valence-electron chi connectivity index (χ0n) is 13.6. The number of hydrogen-bond donors (Lipinski definition) is 2. The highest BCUT2D eigenvalue weighted by molar-refractivity contribution is 6.04. The highest BCUT2D eigenvalue weighted by atomic mass is 19.4. The molecule has 0 atom stereocenters. The van der Waals surface area contributed by atoms with Crippen LogP contribution < -0.4 is 10.6 Å². The highest BCUT2D eigenvalue weighted by Gasteiger charge is 2.34. The van der Waals surface area contributed by atoms with E-state index in [1.54, 1.807) is 13.8 Å². The van der Waals surface area contributed by atoms with E-state index < -0.39 is 23.6 Å². The first kappa shape index (κ1) is 18.6. The van der Waals surface area contributed by atoms with Gasteiger partial charge in [0.15, 0.2) is 0 Å². The number of halogens is 3. The topological polar surface area (TPSA) is 71.3 Å². The van der Waals surface area contributed by atoms with Crippen molar-refractivity contribution >= 4 is 23.2 Å². The van der Waals surface area contributed by atoms with Gasteiger partial charge in [-0.2, -0.15) is 13.2 Å². The molecule has 0 aliphatic rings. The fourth-order valence-electron chi connectivity index (χ4n) is 2.13. The lowest BCUT2D eigenvalue weighted by Crippen LogP contribution is -2.18. The normalized spacial score (nSPS) is 11.4. The van der Waals surface area contributed by atoms with Gasteiger partial charge in [0.2, 0.25) is 5.91 Å². The van der Waals surface area contributed by atoms with Gasteiger partial charge in [0.25, 0.3) is 5.91 Å². The van der Waals surface area contributed by atoms with Crippen LogP contribution in [0.2, 0.25) is 0 Å². The van der Waals surface area contributed by atoms with Crippen LogP contribution in [0.5, 0.6) is 0 Å². The maximum absolute atomic E-state index is 13.3. The first-order valence-electron chi connectivity index (χ1n) is 7.51. The highest BCUT2D eigenvalue weighted by Crippen LogP contribution is 2.36. The van der Waals surface area contributed by atoms with Gasteiger partial charge < -0.3 is 15.1 Å². The largest absolute Gasteiger partial charge is 0.472 e. The lowest BCUT2D eigenvalue weighted by atomic mass is 10.1. The van der Waals surface area contributed by atoms with Crippen LogP contribution in [-0.2, 0) is 11.0 Å². The average Bonchev–Trinajstić information content (AvgIpc) is 3.01. The van der Waals surface area contributed by atoms with E-state index in [4.69, 9.17) is 4.42 Å². The van der Waals surface area contributed by atoms with Crippen molar-refractivity contribution in [2.24, 2.45) is 5.92 Å². The van der Waals surface area contributed by atoms with Gasteiger partial charge in [0.05, 0.1) is 23.1 Å². The molecule has 0 aliphatic heterocycles. The lowest BCUT2D eigenvalue weighted by molar-refractivity contribution is -0.136. The van der Waals surface area contributed by atoms with Crippen molar-refractivity contribution in [1.29, 1.82) is 0 Å². The molecule has 0 saturated heterocycles. The number of alkyl halides is 3. The van der Waals surface area contributed by atoms with E-state index in [2.05, 4.69) is 10.6 Å². The molecule has 1 heterocycles. The van der Waals surface area contributed by atoms with E-state index in [0.29, 0.717) is 0 Å². The SMILES string of the molecule is CC(C)CC(=O)Nc1ccc(NC(=O)c2ccoc2)cc1C(F)(F)F. The standard InChI is InChI=1S/C17H17F3N2O3/c1-10(2)7-15(23)22-14-4-3-12(8-13(14)17(18,19)20)21-16(24)11-5-6-25-9-11/h3-6,8-10H,7H2,1-2H3,(H,21,24)(H,22,23).